The molecule has 0 radical (unpaired) electrons. The number of aliphatic hydroxyl groups is 1. The summed E-state index contributed by atoms with van der Waals surface area (Å²) in [6.45, 7) is 1.54. The molecule has 1 fully saturated rings. The van der Waals surface area contributed by atoms with Crippen LogP contribution < -0.4 is 0 Å². The summed E-state index contributed by atoms with van der Waals surface area (Å²) in [5.74, 6) is 0. The Labute approximate surface area is 277 Å². The van der Waals surface area contributed by atoms with Crippen molar-refractivity contribution in [2.75, 3.05) is 0 Å². The Morgan fingerprint density at radius 1 is 0.298 bits per heavy atom. The highest BCUT2D eigenvalue weighted by Gasteiger charge is 2.54. The molecule has 6 atom stereocenters. The highest BCUT2D eigenvalue weighted by atomic mass is 16.6. The minimum Gasteiger partial charge on any atom is -0.387 e. The first-order valence-electron chi connectivity index (χ1n) is 16.2. The number of ether oxygens (including phenoxy) is 5. The number of hydrogen-bond donors (Lipinski definition) is 1. The first kappa shape index (κ1) is 32.8. The largest absolute Gasteiger partial charge is 0.387 e. The van der Waals surface area contributed by atoms with E-state index in [1.165, 1.54) is 0 Å². The fourth-order valence-corrected chi connectivity index (χ4v) is 5.93. The average molecular weight is 631 g/mol. The molecule has 47 heavy (non-hydrogen) atoms. The third kappa shape index (κ3) is 9.24. The van der Waals surface area contributed by atoms with Gasteiger partial charge < -0.3 is 28.8 Å². The zero-order chi connectivity index (χ0) is 32.1. The molecule has 0 saturated heterocycles. The van der Waals surface area contributed by atoms with Gasteiger partial charge in [0.05, 0.1) is 33.0 Å². The van der Waals surface area contributed by atoms with Crippen LogP contribution in [0.4, 0.5) is 0 Å². The van der Waals surface area contributed by atoms with Crippen molar-refractivity contribution in [3.8, 4) is 0 Å². The van der Waals surface area contributed by atoms with Crippen LogP contribution in [-0.4, -0.2) is 41.7 Å². The SMILES string of the molecule is OC1[C@@H](OCc2ccccc2)[C@H](OCc2ccccc2)C(OCc2ccccc2)[C@H](OCc2ccccc2)[C@@H]1OCc1ccccc1. The van der Waals surface area contributed by atoms with Crippen molar-refractivity contribution in [3.05, 3.63) is 179 Å². The van der Waals surface area contributed by atoms with Crippen LogP contribution in [0.1, 0.15) is 27.8 Å². The lowest BCUT2D eigenvalue weighted by atomic mass is 9.83. The molecule has 0 amide bonds. The van der Waals surface area contributed by atoms with Gasteiger partial charge in [-0.25, -0.2) is 0 Å². The Hall–Kier alpha value is -4.14. The van der Waals surface area contributed by atoms with Crippen LogP contribution in [0.15, 0.2) is 152 Å². The van der Waals surface area contributed by atoms with Crippen molar-refractivity contribution in [3.63, 3.8) is 0 Å². The summed E-state index contributed by atoms with van der Waals surface area (Å²) in [6.07, 6.45) is -4.58. The molecule has 5 aromatic rings. The molecule has 1 aliphatic carbocycles. The molecule has 0 aromatic heterocycles. The van der Waals surface area contributed by atoms with E-state index in [-0.39, 0.29) is 0 Å². The van der Waals surface area contributed by atoms with Crippen LogP contribution in [0.25, 0.3) is 0 Å². The predicted octanol–water partition coefficient (Wildman–Crippen LogP) is 7.29. The van der Waals surface area contributed by atoms with E-state index in [0.29, 0.717) is 33.0 Å². The molecule has 1 N–H and O–H groups in total. The molecule has 6 rings (SSSR count). The van der Waals surface area contributed by atoms with Crippen molar-refractivity contribution in [2.24, 2.45) is 0 Å². The second-order valence-corrected chi connectivity index (χ2v) is 11.8. The van der Waals surface area contributed by atoms with Crippen LogP contribution >= 0.6 is 0 Å². The molecular formula is C41H42O6. The van der Waals surface area contributed by atoms with Crippen molar-refractivity contribution >= 4 is 0 Å². The summed E-state index contributed by atoms with van der Waals surface area (Å²) in [6, 6.07) is 49.9. The van der Waals surface area contributed by atoms with Crippen molar-refractivity contribution < 1.29 is 28.8 Å². The fraction of sp³-hybridized carbons (Fsp3) is 0.268. The molecule has 0 heterocycles. The van der Waals surface area contributed by atoms with E-state index in [1.807, 2.05) is 152 Å². The number of hydrogen-bond acceptors (Lipinski definition) is 6. The maximum atomic E-state index is 12.2. The minimum atomic E-state index is -1.07. The van der Waals surface area contributed by atoms with E-state index in [0.717, 1.165) is 27.8 Å². The van der Waals surface area contributed by atoms with Crippen LogP contribution in [0, 0.1) is 0 Å². The molecule has 2 unspecified atom stereocenters. The van der Waals surface area contributed by atoms with Crippen molar-refractivity contribution in [1.29, 1.82) is 0 Å². The van der Waals surface area contributed by atoms with Gasteiger partial charge >= 0.3 is 0 Å². The van der Waals surface area contributed by atoms with Gasteiger partial charge in [-0.3, -0.25) is 0 Å². The van der Waals surface area contributed by atoms with Gasteiger partial charge in [0.15, 0.2) is 0 Å². The summed E-state index contributed by atoms with van der Waals surface area (Å²) >= 11 is 0. The maximum absolute atomic E-state index is 12.2. The Morgan fingerprint density at radius 2 is 0.489 bits per heavy atom. The third-order valence-electron chi connectivity index (χ3n) is 8.39. The van der Waals surface area contributed by atoms with E-state index in [9.17, 15) is 5.11 Å². The Bertz CT molecular complexity index is 1470. The molecule has 1 saturated carbocycles. The molecule has 242 valence electrons. The Morgan fingerprint density at radius 3 is 0.723 bits per heavy atom. The number of aliphatic hydroxyl groups excluding tert-OH is 1. The van der Waals surface area contributed by atoms with Gasteiger partial charge in [-0.1, -0.05) is 152 Å². The molecule has 0 bridgehead atoms. The summed E-state index contributed by atoms with van der Waals surface area (Å²) in [4.78, 5) is 0. The second-order valence-electron chi connectivity index (χ2n) is 11.8. The first-order valence-corrected chi connectivity index (χ1v) is 16.2. The number of rotatable bonds is 15. The van der Waals surface area contributed by atoms with E-state index >= 15 is 0 Å². The first-order chi connectivity index (χ1) is 23.2. The lowest BCUT2D eigenvalue weighted by Crippen LogP contribution is -2.66. The highest BCUT2D eigenvalue weighted by molar-refractivity contribution is 5.18. The van der Waals surface area contributed by atoms with Gasteiger partial charge in [-0.05, 0) is 27.8 Å². The highest BCUT2D eigenvalue weighted by Crippen LogP contribution is 2.35. The summed E-state index contributed by atoms with van der Waals surface area (Å²) in [5.41, 5.74) is 5.02. The predicted molar refractivity (Wildman–Crippen MR) is 181 cm³/mol. The standard InChI is InChI=1S/C41H42O6/c42-36-37(43-26-31-16-6-1-7-17-31)39(45-28-33-20-10-3-11-21-33)41(47-30-35-24-14-5-15-25-35)40(46-29-34-22-12-4-13-23-34)38(36)44-27-32-18-8-2-9-19-32/h1-25,36-42H,26-30H2/t36?,37-,38-,39-,40+,41?/m1/s1. The zero-order valence-corrected chi connectivity index (χ0v) is 26.4. The van der Waals surface area contributed by atoms with E-state index in [2.05, 4.69) is 0 Å². The van der Waals surface area contributed by atoms with Gasteiger partial charge in [-0.15, -0.1) is 0 Å². The normalized spacial score (nSPS) is 22.6. The van der Waals surface area contributed by atoms with Crippen LogP contribution in [-0.2, 0) is 56.7 Å². The molecule has 5 aromatic carbocycles. The average Bonchev–Trinajstić information content (AvgIpc) is 3.14. The van der Waals surface area contributed by atoms with Crippen LogP contribution in [0.2, 0.25) is 0 Å². The van der Waals surface area contributed by atoms with Gasteiger partial charge in [0.2, 0.25) is 0 Å². The van der Waals surface area contributed by atoms with Crippen molar-refractivity contribution in [2.45, 2.75) is 69.7 Å². The second kappa shape index (κ2) is 17.1. The van der Waals surface area contributed by atoms with Gasteiger partial charge in [0.1, 0.15) is 36.6 Å². The van der Waals surface area contributed by atoms with E-state index in [1.54, 1.807) is 0 Å². The fourth-order valence-electron chi connectivity index (χ4n) is 5.93. The summed E-state index contributed by atoms with van der Waals surface area (Å²) in [7, 11) is 0. The topological polar surface area (TPSA) is 66.4 Å². The quantitative estimate of drug-likeness (QED) is 0.131. The lowest BCUT2D eigenvalue weighted by molar-refractivity contribution is -0.283. The number of benzene rings is 5. The molecule has 0 spiro atoms. The van der Waals surface area contributed by atoms with Crippen LogP contribution in [0.3, 0.4) is 0 Å². The van der Waals surface area contributed by atoms with Crippen molar-refractivity contribution in [1.82, 2.24) is 0 Å². The maximum Gasteiger partial charge on any atom is 0.116 e. The summed E-state index contributed by atoms with van der Waals surface area (Å²) < 4.78 is 33.3. The molecule has 6 nitrogen and oxygen atoms in total. The smallest absolute Gasteiger partial charge is 0.116 e. The monoisotopic (exact) mass is 630 g/mol. The summed E-state index contributed by atoms with van der Waals surface area (Å²) in [5, 5.41) is 12.2. The molecule has 1 aliphatic rings. The minimum absolute atomic E-state index is 0.292. The van der Waals surface area contributed by atoms with E-state index < -0.39 is 36.6 Å². The van der Waals surface area contributed by atoms with Crippen LogP contribution in [0.5, 0.6) is 0 Å². The Kier molecular flexibility index (Phi) is 12.0. The third-order valence-corrected chi connectivity index (χ3v) is 8.39. The van der Waals surface area contributed by atoms with E-state index in [4.69, 9.17) is 23.7 Å². The molecule has 0 aliphatic heterocycles. The lowest BCUT2D eigenvalue weighted by Gasteiger charge is -2.48. The van der Waals surface area contributed by atoms with Gasteiger partial charge in [0.25, 0.3) is 0 Å². The zero-order valence-electron chi connectivity index (χ0n) is 26.4. The van der Waals surface area contributed by atoms with Gasteiger partial charge in [-0.2, -0.15) is 0 Å². The molecular weight excluding hydrogens is 588 g/mol. The van der Waals surface area contributed by atoms with Gasteiger partial charge in [0, 0.05) is 0 Å². The Balaban J connectivity index is 1.35. The molecule has 6 heteroatoms.